The smallest absolute Gasteiger partial charge is 0.134 e. The van der Waals surface area contributed by atoms with Gasteiger partial charge >= 0.3 is 0 Å². The molecule has 0 spiro atoms. The number of aryl methyl sites for hydroxylation is 1. The second kappa shape index (κ2) is 8.17. The molecule has 2 heterocycles. The summed E-state index contributed by atoms with van der Waals surface area (Å²) in [7, 11) is 0. The van der Waals surface area contributed by atoms with E-state index in [4.69, 9.17) is 10.1 Å². The second-order valence-corrected chi connectivity index (χ2v) is 5.77. The van der Waals surface area contributed by atoms with Gasteiger partial charge < -0.3 is 15.3 Å². The van der Waals surface area contributed by atoms with Gasteiger partial charge in [0.2, 0.25) is 0 Å². The number of hydrogen-bond donors (Lipinski definition) is 2. The van der Waals surface area contributed by atoms with Gasteiger partial charge in [-0.25, -0.2) is 9.97 Å². The van der Waals surface area contributed by atoms with Crippen LogP contribution in [0.4, 0.5) is 11.6 Å². The van der Waals surface area contributed by atoms with Crippen LogP contribution in [0.2, 0.25) is 0 Å². The Morgan fingerprint density at radius 3 is 2.95 bits per heavy atom. The van der Waals surface area contributed by atoms with Crippen LogP contribution in [0.5, 0.6) is 0 Å². The first-order chi connectivity index (χ1) is 10.3. The number of hydrogen-bond acceptors (Lipinski definition) is 5. The van der Waals surface area contributed by atoms with Crippen LogP contribution in [0.15, 0.2) is 6.07 Å². The van der Waals surface area contributed by atoms with E-state index in [0.717, 1.165) is 56.4 Å². The second-order valence-electron chi connectivity index (χ2n) is 5.77. The topological polar surface area (TPSA) is 61.3 Å². The Labute approximate surface area is 127 Å². The van der Waals surface area contributed by atoms with Gasteiger partial charge in [0.05, 0.1) is 0 Å². The number of piperidine rings is 1. The number of nitrogens with one attached hydrogen (secondary N) is 1. The Morgan fingerprint density at radius 1 is 1.38 bits per heavy atom. The molecule has 0 amide bonds. The molecule has 0 bridgehead atoms. The number of aliphatic hydroxyl groups is 1. The summed E-state index contributed by atoms with van der Waals surface area (Å²) in [5.74, 6) is 3.44. The zero-order valence-electron chi connectivity index (χ0n) is 13.3. The predicted octanol–water partition coefficient (Wildman–Crippen LogP) is 2.46. The lowest BCUT2D eigenvalue weighted by atomic mass is 9.95. The van der Waals surface area contributed by atoms with Gasteiger partial charge in [-0.3, -0.25) is 0 Å². The van der Waals surface area contributed by atoms with Crippen LogP contribution in [0.25, 0.3) is 0 Å². The van der Waals surface area contributed by atoms with Crippen LogP contribution in [0.3, 0.4) is 0 Å². The highest BCUT2D eigenvalue weighted by molar-refractivity contribution is 5.49. The van der Waals surface area contributed by atoms with E-state index in [9.17, 15) is 0 Å². The summed E-state index contributed by atoms with van der Waals surface area (Å²) in [5, 5.41) is 12.5. The molecule has 1 atom stereocenters. The Hall–Kier alpha value is -1.36. The molecule has 1 aliphatic rings. The van der Waals surface area contributed by atoms with Crippen molar-refractivity contribution in [3.8, 4) is 0 Å². The van der Waals surface area contributed by atoms with Gasteiger partial charge in [-0.1, -0.05) is 13.8 Å². The fourth-order valence-corrected chi connectivity index (χ4v) is 2.84. The Kier molecular flexibility index (Phi) is 6.23. The van der Waals surface area contributed by atoms with Crippen molar-refractivity contribution in [2.75, 3.05) is 36.5 Å². The Bertz CT molecular complexity index is 436. The van der Waals surface area contributed by atoms with Crippen molar-refractivity contribution >= 4 is 11.6 Å². The van der Waals surface area contributed by atoms with Crippen molar-refractivity contribution in [3.63, 3.8) is 0 Å². The van der Waals surface area contributed by atoms with Gasteiger partial charge in [-0.15, -0.1) is 0 Å². The third-order valence-electron chi connectivity index (χ3n) is 4.01. The summed E-state index contributed by atoms with van der Waals surface area (Å²) < 4.78 is 0. The lowest BCUT2D eigenvalue weighted by Gasteiger charge is -2.33. The van der Waals surface area contributed by atoms with Gasteiger partial charge in [-0.2, -0.15) is 0 Å². The third-order valence-corrected chi connectivity index (χ3v) is 4.01. The zero-order valence-corrected chi connectivity index (χ0v) is 13.3. The van der Waals surface area contributed by atoms with Crippen LogP contribution in [-0.4, -0.2) is 41.3 Å². The maximum atomic E-state index is 9.14. The Morgan fingerprint density at radius 2 is 2.24 bits per heavy atom. The minimum Gasteiger partial charge on any atom is -0.396 e. The molecule has 0 aromatic carbocycles. The predicted molar refractivity (Wildman–Crippen MR) is 86.8 cm³/mol. The molecule has 1 aromatic heterocycles. The van der Waals surface area contributed by atoms with Crippen molar-refractivity contribution < 1.29 is 5.11 Å². The molecule has 1 saturated heterocycles. The quantitative estimate of drug-likeness (QED) is 0.808. The fraction of sp³-hybridized carbons (Fsp3) is 0.750. The van der Waals surface area contributed by atoms with Gasteiger partial charge in [0.1, 0.15) is 17.5 Å². The first kappa shape index (κ1) is 16.0. The van der Waals surface area contributed by atoms with Crippen LogP contribution in [0, 0.1) is 5.92 Å². The molecule has 2 N–H and O–H groups in total. The molecule has 1 fully saturated rings. The molecule has 1 aromatic rings. The first-order valence-electron chi connectivity index (χ1n) is 8.24. The minimum atomic E-state index is 0.284. The average molecular weight is 292 g/mol. The molecule has 0 aliphatic carbocycles. The Balaban J connectivity index is 2.13. The van der Waals surface area contributed by atoms with E-state index in [2.05, 4.69) is 35.1 Å². The zero-order chi connectivity index (χ0) is 15.1. The minimum absolute atomic E-state index is 0.284. The molecule has 118 valence electrons. The summed E-state index contributed by atoms with van der Waals surface area (Å²) in [4.78, 5) is 11.6. The highest BCUT2D eigenvalue weighted by Gasteiger charge is 2.21. The SMILES string of the molecule is CCCNc1cc(N2CCCC(CCO)C2)nc(CC)n1. The molecule has 1 unspecified atom stereocenters. The molecule has 5 nitrogen and oxygen atoms in total. The number of rotatable bonds is 7. The van der Waals surface area contributed by atoms with Gasteiger partial charge in [-0.05, 0) is 31.6 Å². The van der Waals surface area contributed by atoms with Crippen LogP contribution >= 0.6 is 0 Å². The fourth-order valence-electron chi connectivity index (χ4n) is 2.84. The summed E-state index contributed by atoms with van der Waals surface area (Å²) >= 11 is 0. The highest BCUT2D eigenvalue weighted by Crippen LogP contribution is 2.25. The lowest BCUT2D eigenvalue weighted by molar-refractivity contribution is 0.244. The monoisotopic (exact) mass is 292 g/mol. The summed E-state index contributed by atoms with van der Waals surface area (Å²) in [6, 6.07) is 2.07. The van der Waals surface area contributed by atoms with Crippen molar-refractivity contribution in [1.82, 2.24) is 9.97 Å². The average Bonchev–Trinajstić information content (AvgIpc) is 2.53. The van der Waals surface area contributed by atoms with E-state index in [-0.39, 0.29) is 6.61 Å². The van der Waals surface area contributed by atoms with E-state index < -0.39 is 0 Å². The first-order valence-corrected chi connectivity index (χ1v) is 8.24. The van der Waals surface area contributed by atoms with Crippen LogP contribution in [0.1, 0.15) is 45.4 Å². The van der Waals surface area contributed by atoms with Gasteiger partial charge in [0, 0.05) is 38.7 Å². The maximum Gasteiger partial charge on any atom is 0.134 e. The molecule has 1 aliphatic heterocycles. The van der Waals surface area contributed by atoms with Crippen molar-refractivity contribution in [1.29, 1.82) is 0 Å². The highest BCUT2D eigenvalue weighted by atomic mass is 16.3. The molecule has 5 heteroatoms. The molecular weight excluding hydrogens is 264 g/mol. The summed E-state index contributed by atoms with van der Waals surface area (Å²) in [6.07, 6.45) is 5.21. The van der Waals surface area contributed by atoms with E-state index >= 15 is 0 Å². The number of aromatic nitrogens is 2. The number of aliphatic hydroxyl groups excluding tert-OH is 1. The van der Waals surface area contributed by atoms with Crippen molar-refractivity contribution in [3.05, 3.63) is 11.9 Å². The summed E-state index contributed by atoms with van der Waals surface area (Å²) in [5.41, 5.74) is 0. The van der Waals surface area contributed by atoms with Crippen molar-refractivity contribution in [2.45, 2.75) is 46.0 Å². The molecule has 0 saturated carbocycles. The van der Waals surface area contributed by atoms with Crippen LogP contribution in [-0.2, 0) is 6.42 Å². The molecule has 2 rings (SSSR count). The largest absolute Gasteiger partial charge is 0.396 e. The molecule has 21 heavy (non-hydrogen) atoms. The number of anilines is 2. The van der Waals surface area contributed by atoms with Gasteiger partial charge in [0.15, 0.2) is 0 Å². The van der Waals surface area contributed by atoms with E-state index in [0.29, 0.717) is 5.92 Å². The maximum absolute atomic E-state index is 9.14. The number of nitrogens with zero attached hydrogens (tertiary/aromatic N) is 3. The normalized spacial score (nSPS) is 18.8. The van der Waals surface area contributed by atoms with E-state index in [1.165, 1.54) is 12.8 Å². The van der Waals surface area contributed by atoms with E-state index in [1.54, 1.807) is 0 Å². The summed E-state index contributed by atoms with van der Waals surface area (Å²) in [6.45, 7) is 7.51. The van der Waals surface area contributed by atoms with Crippen LogP contribution < -0.4 is 10.2 Å². The van der Waals surface area contributed by atoms with E-state index in [1.807, 2.05) is 0 Å². The molecule has 0 radical (unpaired) electrons. The standard InChI is InChI=1S/C16H28N4O/c1-3-8-17-15-11-16(19-14(4-2)18-15)20-9-5-6-13(12-20)7-10-21/h11,13,21H,3-10,12H2,1-2H3,(H,17,18,19). The van der Waals surface area contributed by atoms with Crippen molar-refractivity contribution in [2.24, 2.45) is 5.92 Å². The third kappa shape index (κ3) is 4.56. The molecular formula is C16H28N4O. The lowest BCUT2D eigenvalue weighted by Crippen LogP contribution is -2.36. The van der Waals surface area contributed by atoms with Gasteiger partial charge in [0.25, 0.3) is 0 Å².